The van der Waals surface area contributed by atoms with E-state index in [1.165, 1.54) is 0 Å². The second-order valence-corrected chi connectivity index (χ2v) is 8.52. The Bertz CT molecular complexity index is 386. The van der Waals surface area contributed by atoms with Gasteiger partial charge in [-0.05, 0) is 75.0 Å². The number of aliphatic hydroxyl groups is 2. The van der Waals surface area contributed by atoms with Crippen molar-refractivity contribution in [3.8, 4) is 0 Å². The Morgan fingerprint density at radius 3 is 1.54 bits per heavy atom. The number of rotatable bonds is 6. The molecule has 0 aromatic heterocycles. The molecule has 3 aliphatic carbocycles. The SMILES string of the molecule is OC1CC2C(COC3CCCCO3)C(CC1O)C2COC1CCCCO1. The van der Waals surface area contributed by atoms with E-state index in [0.29, 0.717) is 49.7 Å². The molecule has 150 valence electrons. The van der Waals surface area contributed by atoms with Crippen LogP contribution >= 0.6 is 0 Å². The maximum atomic E-state index is 10.2. The van der Waals surface area contributed by atoms with Crippen LogP contribution in [0.25, 0.3) is 0 Å². The average Bonchev–Trinajstić information content (AvgIpc) is 2.88. The molecule has 0 aromatic carbocycles. The minimum absolute atomic E-state index is 0.0772. The summed E-state index contributed by atoms with van der Waals surface area (Å²) in [4.78, 5) is 0. The second-order valence-electron chi connectivity index (χ2n) is 8.52. The molecule has 5 fully saturated rings. The van der Waals surface area contributed by atoms with Gasteiger partial charge in [0.25, 0.3) is 0 Å². The highest BCUT2D eigenvalue weighted by atomic mass is 16.7. The molecule has 2 heterocycles. The van der Waals surface area contributed by atoms with Crippen LogP contribution in [0.1, 0.15) is 51.4 Å². The van der Waals surface area contributed by atoms with Gasteiger partial charge < -0.3 is 29.2 Å². The van der Waals surface area contributed by atoms with E-state index in [2.05, 4.69) is 0 Å². The van der Waals surface area contributed by atoms with Gasteiger partial charge in [-0.3, -0.25) is 0 Å². The van der Waals surface area contributed by atoms with Crippen molar-refractivity contribution in [3.05, 3.63) is 0 Å². The fourth-order valence-corrected chi connectivity index (χ4v) is 5.31. The predicted molar refractivity (Wildman–Crippen MR) is 94.3 cm³/mol. The summed E-state index contributed by atoms with van der Waals surface area (Å²) in [6, 6.07) is 0. The highest BCUT2D eigenvalue weighted by Crippen LogP contribution is 2.54. The Kier molecular flexibility index (Phi) is 6.49. The molecule has 4 atom stereocenters. The zero-order valence-electron chi connectivity index (χ0n) is 15.6. The van der Waals surface area contributed by atoms with E-state index in [9.17, 15) is 10.2 Å². The molecule has 2 saturated heterocycles. The number of aliphatic hydroxyl groups excluding tert-OH is 2. The molecule has 4 unspecified atom stereocenters. The maximum Gasteiger partial charge on any atom is 0.157 e. The van der Waals surface area contributed by atoms with Crippen LogP contribution in [-0.4, -0.2) is 61.4 Å². The zero-order chi connectivity index (χ0) is 17.9. The maximum absolute atomic E-state index is 10.2. The molecule has 0 spiro atoms. The van der Waals surface area contributed by atoms with Gasteiger partial charge >= 0.3 is 0 Å². The summed E-state index contributed by atoms with van der Waals surface area (Å²) in [7, 11) is 0. The van der Waals surface area contributed by atoms with Crippen molar-refractivity contribution in [2.75, 3.05) is 26.4 Å². The third kappa shape index (κ3) is 4.26. The van der Waals surface area contributed by atoms with Gasteiger partial charge in [0.2, 0.25) is 0 Å². The first-order valence-corrected chi connectivity index (χ1v) is 10.5. The van der Waals surface area contributed by atoms with Crippen molar-refractivity contribution >= 4 is 0 Å². The molecule has 5 aliphatic rings. The Morgan fingerprint density at radius 2 is 1.15 bits per heavy atom. The monoisotopic (exact) mass is 370 g/mol. The van der Waals surface area contributed by atoms with Crippen molar-refractivity contribution in [3.63, 3.8) is 0 Å². The van der Waals surface area contributed by atoms with Crippen LogP contribution in [0.4, 0.5) is 0 Å². The number of hydrogen-bond acceptors (Lipinski definition) is 6. The first-order valence-electron chi connectivity index (χ1n) is 10.5. The lowest BCUT2D eigenvalue weighted by atomic mass is 9.56. The largest absolute Gasteiger partial charge is 0.390 e. The Labute approximate surface area is 156 Å². The third-order valence-corrected chi connectivity index (χ3v) is 6.90. The molecule has 0 amide bonds. The van der Waals surface area contributed by atoms with Crippen molar-refractivity contribution < 1.29 is 29.2 Å². The minimum Gasteiger partial charge on any atom is -0.390 e. The number of fused-ring (bicyclic) bond motifs is 3. The van der Waals surface area contributed by atoms with Gasteiger partial charge in [0, 0.05) is 13.2 Å². The molecule has 0 radical (unpaired) electrons. The Hall–Kier alpha value is -0.240. The lowest BCUT2D eigenvalue weighted by Gasteiger charge is -2.51. The van der Waals surface area contributed by atoms with E-state index < -0.39 is 12.2 Å². The second kappa shape index (κ2) is 8.84. The molecule has 5 rings (SSSR count). The van der Waals surface area contributed by atoms with Gasteiger partial charge in [0.05, 0.1) is 25.4 Å². The summed E-state index contributed by atoms with van der Waals surface area (Å²) >= 11 is 0. The van der Waals surface area contributed by atoms with Crippen LogP contribution in [0, 0.1) is 23.7 Å². The Balaban J connectivity index is 1.32. The highest BCUT2D eigenvalue weighted by molar-refractivity contribution is 5.02. The minimum atomic E-state index is -0.630. The van der Waals surface area contributed by atoms with Crippen LogP contribution in [-0.2, 0) is 18.9 Å². The van der Waals surface area contributed by atoms with Gasteiger partial charge in [-0.2, -0.15) is 0 Å². The summed E-state index contributed by atoms with van der Waals surface area (Å²) in [5, 5.41) is 20.5. The van der Waals surface area contributed by atoms with Gasteiger partial charge in [-0.15, -0.1) is 0 Å². The van der Waals surface area contributed by atoms with E-state index in [0.717, 1.165) is 51.7 Å². The molecule has 2 N–H and O–H groups in total. The highest BCUT2D eigenvalue weighted by Gasteiger charge is 2.54. The fraction of sp³-hybridized carbons (Fsp3) is 1.00. The first kappa shape index (κ1) is 19.1. The quantitative estimate of drug-likeness (QED) is 0.745. The van der Waals surface area contributed by atoms with E-state index in [1.54, 1.807) is 0 Å². The van der Waals surface area contributed by atoms with E-state index in [-0.39, 0.29) is 12.6 Å². The average molecular weight is 370 g/mol. The van der Waals surface area contributed by atoms with E-state index in [1.807, 2.05) is 0 Å². The van der Waals surface area contributed by atoms with E-state index >= 15 is 0 Å². The summed E-state index contributed by atoms with van der Waals surface area (Å²) in [6.45, 7) is 2.90. The van der Waals surface area contributed by atoms with Crippen LogP contribution in [0.5, 0.6) is 0 Å². The van der Waals surface area contributed by atoms with Crippen LogP contribution in [0.3, 0.4) is 0 Å². The zero-order valence-corrected chi connectivity index (χ0v) is 15.6. The molecular weight excluding hydrogens is 336 g/mol. The molecule has 6 nitrogen and oxygen atoms in total. The molecule has 26 heavy (non-hydrogen) atoms. The van der Waals surface area contributed by atoms with Crippen LogP contribution < -0.4 is 0 Å². The van der Waals surface area contributed by atoms with Gasteiger partial charge in [0.15, 0.2) is 12.6 Å². The van der Waals surface area contributed by atoms with Crippen molar-refractivity contribution in [1.29, 1.82) is 0 Å². The predicted octanol–water partition coefficient (Wildman–Crippen LogP) is 2.07. The lowest BCUT2D eigenvalue weighted by molar-refractivity contribution is -0.214. The first-order chi connectivity index (χ1) is 12.7. The van der Waals surface area contributed by atoms with Crippen LogP contribution in [0.2, 0.25) is 0 Å². The van der Waals surface area contributed by atoms with Crippen molar-refractivity contribution in [1.82, 2.24) is 0 Å². The smallest absolute Gasteiger partial charge is 0.157 e. The van der Waals surface area contributed by atoms with Crippen LogP contribution in [0.15, 0.2) is 0 Å². The van der Waals surface area contributed by atoms with Crippen molar-refractivity contribution in [2.45, 2.75) is 76.2 Å². The molecule has 6 heteroatoms. The summed E-state index contributed by atoms with van der Waals surface area (Å²) in [6.07, 6.45) is 6.37. The summed E-state index contributed by atoms with van der Waals surface area (Å²) in [5.74, 6) is 1.46. The normalized spacial score (nSPS) is 46.4. The number of ether oxygens (including phenoxy) is 4. The van der Waals surface area contributed by atoms with Gasteiger partial charge in [-0.1, -0.05) is 0 Å². The lowest BCUT2D eigenvalue weighted by Crippen LogP contribution is -2.51. The topological polar surface area (TPSA) is 77.4 Å². The molecular formula is C20H34O6. The third-order valence-electron chi connectivity index (χ3n) is 6.90. The fourth-order valence-electron chi connectivity index (χ4n) is 5.31. The standard InChI is InChI=1S/C20H34O6/c21-17-9-13-15(11-25-19-5-1-3-7-23-19)14(10-18(17)22)16(13)12-26-20-6-2-4-8-24-20/h13-22H,1-12H2. The number of hydrogen-bond donors (Lipinski definition) is 2. The molecule has 2 bridgehead atoms. The molecule has 2 aliphatic heterocycles. The van der Waals surface area contributed by atoms with E-state index in [4.69, 9.17) is 18.9 Å². The summed E-state index contributed by atoms with van der Waals surface area (Å²) < 4.78 is 23.5. The van der Waals surface area contributed by atoms with Crippen molar-refractivity contribution in [2.24, 2.45) is 23.7 Å². The molecule has 0 aromatic rings. The van der Waals surface area contributed by atoms with Gasteiger partial charge in [0.1, 0.15) is 0 Å². The molecule has 3 saturated carbocycles. The summed E-state index contributed by atoms with van der Waals surface area (Å²) in [5.41, 5.74) is 0. The van der Waals surface area contributed by atoms with Gasteiger partial charge in [-0.25, -0.2) is 0 Å². The Morgan fingerprint density at radius 1 is 0.692 bits per heavy atom.